The summed E-state index contributed by atoms with van der Waals surface area (Å²) in [6.07, 6.45) is 1.44. The molecule has 2 amide bonds. The Balaban J connectivity index is 1.69. The van der Waals surface area contributed by atoms with Crippen molar-refractivity contribution in [2.75, 3.05) is 37.1 Å². The Hall–Kier alpha value is -3.23. The maximum Gasteiger partial charge on any atom is 0.323 e. The number of anilines is 2. The minimum Gasteiger partial charge on any atom is -0.486 e. The topological polar surface area (TPSA) is 104 Å². The number of fused-ring (bicyclic) bond motifs is 1. The fourth-order valence-electron chi connectivity index (χ4n) is 2.29. The predicted molar refractivity (Wildman–Crippen MR) is 94.4 cm³/mol. The molecular weight excluding hydrogens is 340 g/mol. The van der Waals surface area contributed by atoms with Gasteiger partial charge in [0.05, 0.1) is 19.4 Å². The van der Waals surface area contributed by atoms with Crippen LogP contribution >= 0.6 is 0 Å². The highest BCUT2D eigenvalue weighted by molar-refractivity contribution is 6.00. The maximum absolute atomic E-state index is 12.3. The second-order valence-electron chi connectivity index (χ2n) is 5.17. The molecule has 3 rings (SSSR count). The minimum absolute atomic E-state index is 0.189. The zero-order valence-electron chi connectivity index (χ0n) is 14.6. The van der Waals surface area contributed by atoms with E-state index in [2.05, 4.69) is 20.6 Å². The van der Waals surface area contributed by atoms with Gasteiger partial charge in [-0.05, 0) is 26.0 Å². The summed E-state index contributed by atoms with van der Waals surface area (Å²) in [4.78, 5) is 20.5. The Morgan fingerprint density at radius 3 is 2.65 bits per heavy atom. The molecule has 1 aliphatic heterocycles. The first-order valence-electron chi connectivity index (χ1n) is 8.30. The summed E-state index contributed by atoms with van der Waals surface area (Å²) in [5, 5.41) is 5.39. The second kappa shape index (κ2) is 8.24. The van der Waals surface area contributed by atoms with Crippen LogP contribution in [0.1, 0.15) is 13.8 Å². The second-order valence-corrected chi connectivity index (χ2v) is 5.17. The van der Waals surface area contributed by atoms with Crippen molar-refractivity contribution in [3.05, 3.63) is 24.4 Å². The van der Waals surface area contributed by atoms with Crippen LogP contribution in [0.2, 0.25) is 0 Å². The summed E-state index contributed by atoms with van der Waals surface area (Å²) in [5.74, 6) is 1.48. The van der Waals surface area contributed by atoms with Gasteiger partial charge in [-0.2, -0.15) is 4.98 Å². The fraction of sp³-hybridized carbons (Fsp3) is 0.353. The number of carbonyl (C=O) groups excluding carboxylic acids is 1. The summed E-state index contributed by atoms with van der Waals surface area (Å²) in [6, 6.07) is 4.90. The Kier molecular flexibility index (Phi) is 5.57. The van der Waals surface area contributed by atoms with Crippen LogP contribution in [0.25, 0.3) is 0 Å². The highest BCUT2D eigenvalue weighted by Crippen LogP contribution is 2.32. The van der Waals surface area contributed by atoms with Gasteiger partial charge in [-0.1, -0.05) is 0 Å². The van der Waals surface area contributed by atoms with Crippen molar-refractivity contribution in [3.8, 4) is 23.4 Å². The summed E-state index contributed by atoms with van der Waals surface area (Å²) in [6.45, 7) is 5.46. The molecule has 0 aliphatic carbocycles. The van der Waals surface area contributed by atoms with Crippen molar-refractivity contribution < 1.29 is 23.7 Å². The van der Waals surface area contributed by atoms with Gasteiger partial charge < -0.3 is 29.6 Å². The van der Waals surface area contributed by atoms with E-state index < -0.39 is 6.03 Å². The molecule has 2 heterocycles. The monoisotopic (exact) mass is 360 g/mol. The highest BCUT2D eigenvalue weighted by atomic mass is 16.6. The molecule has 0 radical (unpaired) electrons. The number of nitrogens with one attached hydrogen (secondary N) is 2. The van der Waals surface area contributed by atoms with Crippen LogP contribution in [0.15, 0.2) is 24.4 Å². The van der Waals surface area contributed by atoms with E-state index in [4.69, 9.17) is 18.9 Å². The molecule has 2 N–H and O–H groups in total. The molecule has 1 aromatic heterocycles. The van der Waals surface area contributed by atoms with E-state index in [1.807, 2.05) is 13.8 Å². The number of ether oxygens (including phenoxy) is 4. The molecule has 0 saturated heterocycles. The van der Waals surface area contributed by atoms with E-state index in [1.54, 1.807) is 18.2 Å². The van der Waals surface area contributed by atoms with Crippen molar-refractivity contribution in [2.45, 2.75) is 13.8 Å². The molecule has 2 aromatic rings. The van der Waals surface area contributed by atoms with Gasteiger partial charge in [-0.25, -0.2) is 9.78 Å². The van der Waals surface area contributed by atoms with Gasteiger partial charge in [-0.15, -0.1) is 0 Å². The van der Waals surface area contributed by atoms with Crippen molar-refractivity contribution in [3.63, 3.8) is 0 Å². The lowest BCUT2D eigenvalue weighted by Crippen LogP contribution is -2.21. The van der Waals surface area contributed by atoms with Gasteiger partial charge in [0.1, 0.15) is 18.9 Å². The van der Waals surface area contributed by atoms with E-state index in [-0.39, 0.29) is 11.9 Å². The average Bonchev–Trinajstić information content (AvgIpc) is 2.64. The molecule has 0 atom stereocenters. The number of carbonyl (C=O) groups is 1. The molecule has 9 heteroatoms. The van der Waals surface area contributed by atoms with Crippen LogP contribution in [0.3, 0.4) is 0 Å². The third-order valence-electron chi connectivity index (χ3n) is 3.33. The molecule has 0 bridgehead atoms. The van der Waals surface area contributed by atoms with Gasteiger partial charge in [-0.3, -0.25) is 0 Å². The van der Waals surface area contributed by atoms with Crippen LogP contribution in [0, 0.1) is 0 Å². The van der Waals surface area contributed by atoms with Gasteiger partial charge >= 0.3 is 12.0 Å². The number of benzene rings is 1. The molecule has 1 aromatic carbocycles. The summed E-state index contributed by atoms with van der Waals surface area (Å²) < 4.78 is 21.6. The SMILES string of the molecule is CCOc1ncc(NC(=O)Nc2ccc3c(c2)OCCO3)c(OCC)n1. The summed E-state index contributed by atoms with van der Waals surface area (Å²) >= 11 is 0. The van der Waals surface area contributed by atoms with E-state index in [9.17, 15) is 4.79 Å². The van der Waals surface area contributed by atoms with Crippen LogP contribution in [0.4, 0.5) is 16.2 Å². The molecule has 0 unspecified atom stereocenters. The zero-order chi connectivity index (χ0) is 18.4. The Labute approximate surface area is 150 Å². The Bertz CT molecular complexity index is 784. The van der Waals surface area contributed by atoms with Gasteiger partial charge in [0.15, 0.2) is 11.5 Å². The third kappa shape index (κ3) is 4.24. The van der Waals surface area contributed by atoms with E-state index in [1.165, 1.54) is 6.20 Å². The maximum atomic E-state index is 12.3. The van der Waals surface area contributed by atoms with Gasteiger partial charge in [0.2, 0.25) is 5.88 Å². The predicted octanol–water partition coefficient (Wildman–Crippen LogP) is 2.69. The van der Waals surface area contributed by atoms with Crippen molar-refractivity contribution >= 4 is 17.4 Å². The number of amides is 2. The van der Waals surface area contributed by atoms with Crippen LogP contribution in [0.5, 0.6) is 23.4 Å². The first-order valence-corrected chi connectivity index (χ1v) is 8.30. The number of hydrogen-bond acceptors (Lipinski definition) is 7. The summed E-state index contributed by atoms with van der Waals surface area (Å²) in [5.41, 5.74) is 0.905. The van der Waals surface area contributed by atoms with Gasteiger partial charge in [0, 0.05) is 11.8 Å². The molecular formula is C17H20N4O5. The van der Waals surface area contributed by atoms with Crippen LogP contribution in [-0.2, 0) is 0 Å². The number of rotatable bonds is 6. The Morgan fingerprint density at radius 2 is 1.88 bits per heavy atom. The van der Waals surface area contributed by atoms with E-state index >= 15 is 0 Å². The largest absolute Gasteiger partial charge is 0.486 e. The normalized spacial score (nSPS) is 12.2. The molecule has 138 valence electrons. The fourth-order valence-corrected chi connectivity index (χ4v) is 2.29. The first-order chi connectivity index (χ1) is 12.7. The molecule has 0 spiro atoms. The van der Waals surface area contributed by atoms with E-state index in [0.717, 1.165) is 0 Å². The van der Waals surface area contributed by atoms with Gasteiger partial charge in [0.25, 0.3) is 0 Å². The first kappa shape index (κ1) is 17.6. The molecule has 1 aliphatic rings. The molecule has 9 nitrogen and oxygen atoms in total. The average molecular weight is 360 g/mol. The highest BCUT2D eigenvalue weighted by Gasteiger charge is 2.15. The van der Waals surface area contributed by atoms with Crippen LogP contribution < -0.4 is 29.6 Å². The standard InChI is InChI=1S/C17H20N4O5/c1-3-23-15-12(10-18-17(21-15)24-4-2)20-16(22)19-11-5-6-13-14(9-11)26-8-7-25-13/h5-6,9-10H,3-4,7-8H2,1-2H3,(H2,19,20,22). The smallest absolute Gasteiger partial charge is 0.323 e. The minimum atomic E-state index is -0.463. The molecule has 0 saturated carbocycles. The molecule has 26 heavy (non-hydrogen) atoms. The Morgan fingerprint density at radius 1 is 1.12 bits per heavy atom. The third-order valence-corrected chi connectivity index (χ3v) is 3.33. The van der Waals surface area contributed by atoms with Crippen molar-refractivity contribution in [2.24, 2.45) is 0 Å². The lowest BCUT2D eigenvalue weighted by atomic mass is 10.2. The quantitative estimate of drug-likeness (QED) is 0.816. The van der Waals surface area contributed by atoms with Crippen LogP contribution in [-0.4, -0.2) is 42.4 Å². The number of aromatic nitrogens is 2. The lowest BCUT2D eigenvalue weighted by Gasteiger charge is -2.19. The van der Waals surface area contributed by atoms with Crippen molar-refractivity contribution in [1.29, 1.82) is 0 Å². The lowest BCUT2D eigenvalue weighted by molar-refractivity contribution is 0.171. The number of hydrogen-bond donors (Lipinski definition) is 2. The summed E-state index contributed by atoms with van der Waals surface area (Å²) in [7, 11) is 0. The molecule has 0 fully saturated rings. The van der Waals surface area contributed by atoms with Crippen molar-refractivity contribution in [1.82, 2.24) is 9.97 Å². The van der Waals surface area contributed by atoms with E-state index in [0.29, 0.717) is 49.3 Å². The number of nitrogens with zero attached hydrogens (tertiary/aromatic N) is 2. The zero-order valence-corrected chi connectivity index (χ0v) is 14.6. The number of urea groups is 1.